The SMILES string of the molecule is Cc1cccc(-c2csc(NC=C3C(=O)OC(C)(C)OC3=O)c2)c1. The Balaban J connectivity index is 1.76. The molecular weight excluding hydrogens is 326 g/mol. The molecule has 0 spiro atoms. The van der Waals surface area contributed by atoms with Crippen LogP contribution < -0.4 is 5.32 Å². The molecule has 1 aromatic heterocycles. The normalized spacial score (nSPS) is 16.4. The van der Waals surface area contributed by atoms with Gasteiger partial charge in [0.25, 0.3) is 5.79 Å². The molecule has 0 bridgehead atoms. The molecule has 24 heavy (non-hydrogen) atoms. The van der Waals surface area contributed by atoms with Crippen molar-refractivity contribution in [1.29, 1.82) is 0 Å². The average molecular weight is 343 g/mol. The van der Waals surface area contributed by atoms with Crippen LogP contribution in [0.15, 0.2) is 47.5 Å². The van der Waals surface area contributed by atoms with E-state index in [1.165, 1.54) is 36.9 Å². The number of cyclic esters (lactones) is 2. The summed E-state index contributed by atoms with van der Waals surface area (Å²) in [5.41, 5.74) is 3.22. The zero-order chi connectivity index (χ0) is 17.3. The highest BCUT2D eigenvalue weighted by molar-refractivity contribution is 7.14. The smallest absolute Gasteiger partial charge is 0.350 e. The van der Waals surface area contributed by atoms with Crippen LogP contribution in [-0.4, -0.2) is 17.7 Å². The lowest BCUT2D eigenvalue weighted by molar-refractivity contribution is -0.222. The number of nitrogens with one attached hydrogen (secondary N) is 1. The zero-order valence-corrected chi connectivity index (χ0v) is 14.4. The second kappa shape index (κ2) is 6.13. The summed E-state index contributed by atoms with van der Waals surface area (Å²) in [5, 5.41) is 5.78. The molecule has 0 saturated carbocycles. The van der Waals surface area contributed by atoms with Gasteiger partial charge in [0.1, 0.15) is 0 Å². The number of rotatable bonds is 3. The Labute approximate surface area is 143 Å². The maximum atomic E-state index is 11.9. The minimum absolute atomic E-state index is 0.153. The second-order valence-electron chi connectivity index (χ2n) is 5.95. The van der Waals surface area contributed by atoms with Crippen LogP contribution in [0.25, 0.3) is 11.1 Å². The molecule has 6 heteroatoms. The van der Waals surface area contributed by atoms with Gasteiger partial charge in [-0.25, -0.2) is 9.59 Å². The summed E-state index contributed by atoms with van der Waals surface area (Å²) in [6.45, 7) is 5.07. The van der Waals surface area contributed by atoms with E-state index < -0.39 is 17.7 Å². The van der Waals surface area contributed by atoms with Gasteiger partial charge in [-0.15, -0.1) is 11.3 Å². The number of aryl methyl sites for hydroxylation is 1. The summed E-state index contributed by atoms with van der Waals surface area (Å²) in [6, 6.07) is 10.1. The predicted octanol–water partition coefficient (Wildman–Crippen LogP) is 3.86. The monoisotopic (exact) mass is 343 g/mol. The van der Waals surface area contributed by atoms with Crippen molar-refractivity contribution >= 4 is 28.3 Å². The lowest BCUT2D eigenvalue weighted by Gasteiger charge is -2.29. The van der Waals surface area contributed by atoms with E-state index in [1.54, 1.807) is 0 Å². The van der Waals surface area contributed by atoms with E-state index in [1.807, 2.05) is 36.6 Å². The van der Waals surface area contributed by atoms with Gasteiger partial charge < -0.3 is 14.8 Å². The Morgan fingerprint density at radius 1 is 1.08 bits per heavy atom. The van der Waals surface area contributed by atoms with Gasteiger partial charge in [0.05, 0.1) is 5.00 Å². The van der Waals surface area contributed by atoms with Crippen molar-refractivity contribution < 1.29 is 19.1 Å². The van der Waals surface area contributed by atoms with E-state index in [0.29, 0.717) is 0 Å². The number of ether oxygens (including phenoxy) is 2. The van der Waals surface area contributed by atoms with Gasteiger partial charge in [0.2, 0.25) is 0 Å². The average Bonchev–Trinajstić information content (AvgIpc) is 2.94. The van der Waals surface area contributed by atoms with E-state index in [4.69, 9.17) is 9.47 Å². The molecule has 0 aliphatic carbocycles. The third kappa shape index (κ3) is 3.49. The first-order valence-electron chi connectivity index (χ1n) is 7.43. The van der Waals surface area contributed by atoms with Gasteiger partial charge in [0, 0.05) is 25.4 Å². The van der Waals surface area contributed by atoms with Crippen LogP contribution in [0, 0.1) is 6.92 Å². The van der Waals surface area contributed by atoms with E-state index in [2.05, 4.69) is 11.4 Å². The molecule has 0 atom stereocenters. The highest BCUT2D eigenvalue weighted by Crippen LogP contribution is 2.30. The summed E-state index contributed by atoms with van der Waals surface area (Å²) in [5.74, 6) is -2.62. The molecule has 1 fully saturated rings. The molecule has 2 aromatic rings. The highest BCUT2D eigenvalue weighted by Gasteiger charge is 2.38. The molecule has 2 heterocycles. The van der Waals surface area contributed by atoms with Crippen LogP contribution in [0.1, 0.15) is 19.4 Å². The number of carbonyl (C=O) groups is 2. The number of thiophene rings is 1. The highest BCUT2D eigenvalue weighted by atomic mass is 32.1. The van der Waals surface area contributed by atoms with Gasteiger partial charge >= 0.3 is 11.9 Å². The lowest BCUT2D eigenvalue weighted by Crippen LogP contribution is -2.42. The first-order chi connectivity index (χ1) is 11.3. The van der Waals surface area contributed by atoms with Crippen molar-refractivity contribution in [3.8, 4) is 11.1 Å². The fourth-order valence-corrected chi connectivity index (χ4v) is 3.09. The first kappa shape index (κ1) is 16.3. The second-order valence-corrected chi connectivity index (χ2v) is 6.86. The topological polar surface area (TPSA) is 64.6 Å². The third-order valence-electron chi connectivity index (χ3n) is 3.43. The van der Waals surface area contributed by atoms with E-state index in [9.17, 15) is 9.59 Å². The summed E-state index contributed by atoms with van der Waals surface area (Å²) in [7, 11) is 0. The number of hydrogen-bond acceptors (Lipinski definition) is 6. The van der Waals surface area contributed by atoms with E-state index in [-0.39, 0.29) is 5.57 Å². The molecule has 0 unspecified atom stereocenters. The van der Waals surface area contributed by atoms with Gasteiger partial charge in [0.15, 0.2) is 5.57 Å². The van der Waals surface area contributed by atoms with Crippen LogP contribution in [0.2, 0.25) is 0 Å². The molecule has 5 nitrogen and oxygen atoms in total. The van der Waals surface area contributed by atoms with Crippen LogP contribution in [0.5, 0.6) is 0 Å². The van der Waals surface area contributed by atoms with Crippen LogP contribution in [0.3, 0.4) is 0 Å². The van der Waals surface area contributed by atoms with Crippen molar-refractivity contribution in [2.24, 2.45) is 0 Å². The lowest BCUT2D eigenvalue weighted by atomic mass is 10.1. The maximum absolute atomic E-state index is 11.9. The zero-order valence-electron chi connectivity index (χ0n) is 13.6. The Kier molecular flexibility index (Phi) is 4.15. The number of esters is 2. The third-order valence-corrected chi connectivity index (χ3v) is 4.29. The molecule has 0 radical (unpaired) electrons. The minimum Gasteiger partial charge on any atom is -0.419 e. The standard InChI is InChI=1S/C18H17NO4S/c1-11-5-4-6-12(7-11)13-8-15(24-10-13)19-9-14-16(20)22-18(2,3)23-17(14)21/h4-10,19H,1-3H3. The largest absolute Gasteiger partial charge is 0.419 e. The van der Waals surface area contributed by atoms with Crippen molar-refractivity contribution in [1.82, 2.24) is 0 Å². The fraction of sp³-hybridized carbons (Fsp3) is 0.222. The van der Waals surface area contributed by atoms with Crippen molar-refractivity contribution in [3.63, 3.8) is 0 Å². The summed E-state index contributed by atoms with van der Waals surface area (Å²) in [4.78, 5) is 23.8. The number of hydrogen-bond donors (Lipinski definition) is 1. The molecule has 124 valence electrons. The molecule has 3 rings (SSSR count). The van der Waals surface area contributed by atoms with Gasteiger partial charge in [-0.3, -0.25) is 0 Å². The summed E-state index contributed by atoms with van der Waals surface area (Å²) < 4.78 is 10.1. The van der Waals surface area contributed by atoms with Gasteiger partial charge in [-0.05, 0) is 24.1 Å². The van der Waals surface area contributed by atoms with Crippen molar-refractivity contribution in [3.05, 3.63) is 53.0 Å². The van der Waals surface area contributed by atoms with E-state index in [0.717, 1.165) is 16.1 Å². The van der Waals surface area contributed by atoms with Crippen LogP contribution in [-0.2, 0) is 19.1 Å². The number of benzene rings is 1. The van der Waals surface area contributed by atoms with Crippen molar-refractivity contribution in [2.75, 3.05) is 5.32 Å². The molecule has 1 aliphatic heterocycles. The van der Waals surface area contributed by atoms with E-state index >= 15 is 0 Å². The Bertz CT molecular complexity index is 813. The predicted molar refractivity (Wildman–Crippen MR) is 92.5 cm³/mol. The van der Waals surface area contributed by atoms with Gasteiger partial charge in [-0.1, -0.05) is 29.8 Å². The molecular formula is C18H17NO4S. The molecule has 1 saturated heterocycles. The molecule has 1 aliphatic rings. The maximum Gasteiger partial charge on any atom is 0.350 e. The van der Waals surface area contributed by atoms with Crippen LogP contribution >= 0.6 is 11.3 Å². The Morgan fingerprint density at radius 3 is 2.46 bits per heavy atom. The minimum atomic E-state index is -1.23. The van der Waals surface area contributed by atoms with Gasteiger partial charge in [-0.2, -0.15) is 0 Å². The fourth-order valence-electron chi connectivity index (χ4n) is 2.31. The molecule has 1 aromatic carbocycles. The summed E-state index contributed by atoms with van der Waals surface area (Å²) >= 11 is 1.48. The molecule has 1 N–H and O–H groups in total. The number of carbonyl (C=O) groups excluding carboxylic acids is 2. The number of anilines is 1. The Morgan fingerprint density at radius 2 is 1.79 bits per heavy atom. The van der Waals surface area contributed by atoms with Crippen molar-refractivity contribution in [2.45, 2.75) is 26.6 Å². The molecule has 0 amide bonds. The summed E-state index contributed by atoms with van der Waals surface area (Å²) in [6.07, 6.45) is 1.33. The van der Waals surface area contributed by atoms with Crippen LogP contribution in [0.4, 0.5) is 5.00 Å². The quantitative estimate of drug-likeness (QED) is 0.521. The Hall–Kier alpha value is -2.60. The first-order valence-corrected chi connectivity index (χ1v) is 8.31.